The van der Waals surface area contributed by atoms with Crippen LogP contribution < -0.4 is 0 Å². The molecule has 14 heavy (non-hydrogen) atoms. The second-order valence-corrected chi connectivity index (χ2v) is 3.12. The Morgan fingerprint density at radius 2 is 1.71 bits per heavy atom. The van der Waals surface area contributed by atoms with Gasteiger partial charge in [-0.15, -0.1) is 0 Å². The zero-order valence-electron chi connectivity index (χ0n) is 9.20. The minimum absolute atomic E-state index is 0.0587. The molecule has 0 aliphatic carbocycles. The number of ketones is 2. The van der Waals surface area contributed by atoms with Gasteiger partial charge in [-0.3, -0.25) is 9.59 Å². The predicted molar refractivity (Wildman–Crippen MR) is 51.9 cm³/mol. The summed E-state index contributed by atoms with van der Waals surface area (Å²) in [6.45, 7) is 3.16. The van der Waals surface area contributed by atoms with Crippen LogP contribution in [0.1, 0.15) is 26.7 Å². The molecule has 0 aromatic heterocycles. The lowest BCUT2D eigenvalue weighted by atomic mass is 9.94. The van der Waals surface area contributed by atoms with Gasteiger partial charge in [-0.25, -0.2) is 0 Å². The summed E-state index contributed by atoms with van der Waals surface area (Å²) in [5.74, 6) is -0.780. The zero-order valence-corrected chi connectivity index (χ0v) is 9.20. The van der Waals surface area contributed by atoms with Crippen molar-refractivity contribution in [3.05, 3.63) is 0 Å². The van der Waals surface area contributed by atoms with Crippen LogP contribution in [0.3, 0.4) is 0 Å². The van der Waals surface area contributed by atoms with Crippen LogP contribution in [0.4, 0.5) is 0 Å². The fourth-order valence-corrected chi connectivity index (χ4v) is 1.25. The van der Waals surface area contributed by atoms with Gasteiger partial charge in [0.15, 0.2) is 6.29 Å². The maximum absolute atomic E-state index is 11.4. The summed E-state index contributed by atoms with van der Waals surface area (Å²) in [6.07, 6.45) is 0.179. The van der Waals surface area contributed by atoms with Crippen molar-refractivity contribution in [3.63, 3.8) is 0 Å². The van der Waals surface area contributed by atoms with Crippen LogP contribution in [-0.2, 0) is 19.1 Å². The molecule has 0 aromatic rings. The quantitative estimate of drug-likeness (QED) is 0.459. The number of hydrogen-bond acceptors (Lipinski definition) is 4. The summed E-state index contributed by atoms with van der Waals surface area (Å²) in [4.78, 5) is 22.6. The number of hydrogen-bond donors (Lipinski definition) is 0. The molecule has 0 N–H and O–H groups in total. The van der Waals surface area contributed by atoms with E-state index in [-0.39, 0.29) is 11.6 Å². The van der Waals surface area contributed by atoms with Crippen molar-refractivity contribution in [3.8, 4) is 0 Å². The number of carbonyl (C=O) groups is 2. The Labute approximate surface area is 84.6 Å². The first-order valence-electron chi connectivity index (χ1n) is 4.65. The first-order chi connectivity index (χ1) is 6.56. The number of Topliss-reactive ketones (excluding diaryl/α,β-unsaturated/α-hetero) is 2. The van der Waals surface area contributed by atoms with E-state index in [9.17, 15) is 9.59 Å². The van der Waals surface area contributed by atoms with Crippen molar-refractivity contribution in [1.29, 1.82) is 0 Å². The molecule has 0 saturated carbocycles. The van der Waals surface area contributed by atoms with Crippen LogP contribution >= 0.6 is 0 Å². The van der Waals surface area contributed by atoms with E-state index in [1.807, 2.05) is 0 Å². The van der Waals surface area contributed by atoms with Gasteiger partial charge < -0.3 is 9.47 Å². The third kappa shape index (κ3) is 3.98. The number of rotatable bonds is 7. The minimum atomic E-state index is -0.593. The molecule has 1 atom stereocenters. The Morgan fingerprint density at radius 3 is 2.00 bits per heavy atom. The second-order valence-electron chi connectivity index (χ2n) is 3.12. The maximum atomic E-state index is 11.4. The minimum Gasteiger partial charge on any atom is -0.356 e. The highest BCUT2D eigenvalue weighted by molar-refractivity contribution is 6.01. The van der Waals surface area contributed by atoms with E-state index >= 15 is 0 Å². The number of methoxy groups -OCH3 is 2. The molecule has 0 aliphatic heterocycles. The van der Waals surface area contributed by atoms with E-state index < -0.39 is 12.2 Å². The van der Waals surface area contributed by atoms with Gasteiger partial charge in [0.1, 0.15) is 11.6 Å². The molecular formula is C10H18O4. The third-order valence-corrected chi connectivity index (χ3v) is 2.18. The lowest BCUT2D eigenvalue weighted by molar-refractivity contribution is -0.143. The lowest BCUT2D eigenvalue weighted by Crippen LogP contribution is -2.28. The van der Waals surface area contributed by atoms with E-state index in [2.05, 4.69) is 0 Å². The van der Waals surface area contributed by atoms with Gasteiger partial charge in [0, 0.05) is 27.1 Å². The highest BCUT2D eigenvalue weighted by Gasteiger charge is 2.25. The van der Waals surface area contributed by atoms with Gasteiger partial charge in [0.2, 0.25) is 0 Å². The SMILES string of the molecule is CCC(=O)C(CC(OC)OC)C(C)=O. The molecule has 0 heterocycles. The van der Waals surface area contributed by atoms with E-state index in [0.29, 0.717) is 12.8 Å². The highest BCUT2D eigenvalue weighted by atomic mass is 16.7. The third-order valence-electron chi connectivity index (χ3n) is 2.18. The normalized spacial score (nSPS) is 12.9. The van der Waals surface area contributed by atoms with Crippen molar-refractivity contribution in [2.75, 3.05) is 14.2 Å². The van der Waals surface area contributed by atoms with Crippen LogP contribution in [0.2, 0.25) is 0 Å². The van der Waals surface area contributed by atoms with Crippen molar-refractivity contribution in [2.24, 2.45) is 5.92 Å². The average molecular weight is 202 g/mol. The van der Waals surface area contributed by atoms with Crippen molar-refractivity contribution >= 4 is 11.6 Å². The summed E-state index contributed by atoms with van der Waals surface area (Å²) in [6, 6.07) is 0. The van der Waals surface area contributed by atoms with E-state index in [0.717, 1.165) is 0 Å². The van der Waals surface area contributed by atoms with E-state index in [1.165, 1.54) is 21.1 Å². The Hall–Kier alpha value is -0.740. The van der Waals surface area contributed by atoms with Crippen LogP contribution in [-0.4, -0.2) is 32.1 Å². The maximum Gasteiger partial charge on any atom is 0.157 e. The van der Waals surface area contributed by atoms with Crippen LogP contribution in [0, 0.1) is 5.92 Å². The fraction of sp³-hybridized carbons (Fsp3) is 0.800. The van der Waals surface area contributed by atoms with Crippen LogP contribution in [0.5, 0.6) is 0 Å². The molecule has 0 amide bonds. The first kappa shape index (κ1) is 13.3. The second kappa shape index (κ2) is 6.68. The van der Waals surface area contributed by atoms with Crippen LogP contribution in [0.25, 0.3) is 0 Å². The molecule has 0 radical (unpaired) electrons. The standard InChI is InChI=1S/C10H18O4/c1-5-9(12)8(7(2)11)6-10(13-3)14-4/h8,10H,5-6H2,1-4H3. The molecule has 4 nitrogen and oxygen atoms in total. The summed E-state index contributed by atoms with van der Waals surface area (Å²) in [5.41, 5.74) is 0. The van der Waals surface area contributed by atoms with E-state index in [4.69, 9.17) is 9.47 Å². The smallest absolute Gasteiger partial charge is 0.157 e. The largest absolute Gasteiger partial charge is 0.356 e. The Balaban J connectivity index is 4.36. The van der Waals surface area contributed by atoms with Gasteiger partial charge in [0.25, 0.3) is 0 Å². The van der Waals surface area contributed by atoms with Gasteiger partial charge in [0.05, 0.1) is 5.92 Å². The molecule has 0 aliphatic rings. The highest BCUT2D eigenvalue weighted by Crippen LogP contribution is 2.13. The van der Waals surface area contributed by atoms with Crippen molar-refractivity contribution in [2.45, 2.75) is 33.0 Å². The molecule has 4 heteroatoms. The first-order valence-corrected chi connectivity index (χ1v) is 4.65. The van der Waals surface area contributed by atoms with E-state index in [1.54, 1.807) is 6.92 Å². The molecule has 0 aromatic carbocycles. The average Bonchev–Trinajstić information content (AvgIpc) is 2.18. The topological polar surface area (TPSA) is 52.6 Å². The van der Waals surface area contributed by atoms with Crippen molar-refractivity contribution in [1.82, 2.24) is 0 Å². The molecule has 0 bridgehead atoms. The fourth-order valence-electron chi connectivity index (χ4n) is 1.25. The molecular weight excluding hydrogens is 184 g/mol. The number of carbonyl (C=O) groups excluding carboxylic acids is 2. The molecule has 0 rings (SSSR count). The Bertz CT molecular complexity index is 196. The van der Waals surface area contributed by atoms with Gasteiger partial charge >= 0.3 is 0 Å². The monoisotopic (exact) mass is 202 g/mol. The van der Waals surface area contributed by atoms with Crippen molar-refractivity contribution < 1.29 is 19.1 Å². The molecule has 0 spiro atoms. The van der Waals surface area contributed by atoms with Gasteiger partial charge in [-0.2, -0.15) is 0 Å². The Morgan fingerprint density at radius 1 is 1.21 bits per heavy atom. The zero-order chi connectivity index (χ0) is 11.1. The summed E-state index contributed by atoms with van der Waals surface area (Å²) >= 11 is 0. The summed E-state index contributed by atoms with van der Waals surface area (Å²) in [5, 5.41) is 0. The van der Waals surface area contributed by atoms with Crippen LogP contribution in [0.15, 0.2) is 0 Å². The Kier molecular flexibility index (Phi) is 6.32. The van der Waals surface area contributed by atoms with Gasteiger partial charge in [-0.05, 0) is 6.92 Å². The molecule has 0 saturated heterocycles. The summed E-state index contributed by atoms with van der Waals surface area (Å²) in [7, 11) is 2.98. The van der Waals surface area contributed by atoms with Gasteiger partial charge in [-0.1, -0.05) is 6.92 Å². The lowest BCUT2D eigenvalue weighted by Gasteiger charge is -2.18. The predicted octanol–water partition coefficient (Wildman–Crippen LogP) is 1.18. The molecule has 0 fully saturated rings. The summed E-state index contributed by atoms with van der Waals surface area (Å²) < 4.78 is 9.90. The molecule has 1 unspecified atom stereocenters. The molecule has 82 valence electrons. The number of ether oxygens (including phenoxy) is 2.